The fraction of sp³-hybridized carbons (Fsp3) is 0.0714. The number of nitro groups is 1. The molecule has 3 rings (SSSR count). The van der Waals surface area contributed by atoms with E-state index in [4.69, 9.17) is 4.42 Å². The summed E-state index contributed by atoms with van der Waals surface area (Å²) in [5.74, 6) is -0.420. The molecule has 0 saturated heterocycles. The minimum atomic E-state index is -0.655. The monoisotopic (exact) mass is 271 g/mol. The second-order valence-electron chi connectivity index (χ2n) is 4.51. The highest BCUT2D eigenvalue weighted by Gasteiger charge is 2.19. The van der Waals surface area contributed by atoms with E-state index >= 15 is 0 Å². The Kier molecular flexibility index (Phi) is 2.47. The molecule has 0 saturated carbocycles. The average Bonchev–Trinajstić information content (AvgIpc) is 2.36. The van der Waals surface area contributed by atoms with Crippen LogP contribution >= 0.6 is 0 Å². The lowest BCUT2D eigenvalue weighted by Gasteiger charge is -2.05. The van der Waals surface area contributed by atoms with E-state index in [1.54, 1.807) is 19.1 Å². The smallest absolute Gasteiger partial charge is 0.336 e. The maximum Gasteiger partial charge on any atom is 0.336 e. The summed E-state index contributed by atoms with van der Waals surface area (Å²) in [4.78, 5) is 21.8. The zero-order valence-corrected chi connectivity index (χ0v) is 10.4. The van der Waals surface area contributed by atoms with Crippen LogP contribution in [0.5, 0.6) is 5.75 Å². The first-order chi connectivity index (χ1) is 9.47. The van der Waals surface area contributed by atoms with Gasteiger partial charge < -0.3 is 9.52 Å². The molecule has 0 bridgehead atoms. The van der Waals surface area contributed by atoms with Gasteiger partial charge in [-0.25, -0.2) is 4.79 Å². The van der Waals surface area contributed by atoms with E-state index in [0.717, 1.165) is 5.56 Å². The third-order valence-electron chi connectivity index (χ3n) is 3.22. The number of rotatable bonds is 1. The number of aromatic hydroxyl groups is 1. The normalized spacial score (nSPS) is 11.1. The SMILES string of the molecule is Cc1cc(=O)oc2cc3c([N+](=O)[O-])c(O)ccc3cc12. The van der Waals surface area contributed by atoms with Gasteiger partial charge in [0.05, 0.1) is 10.3 Å². The summed E-state index contributed by atoms with van der Waals surface area (Å²) in [6.07, 6.45) is 0. The Morgan fingerprint density at radius 3 is 2.65 bits per heavy atom. The van der Waals surface area contributed by atoms with Crippen molar-refractivity contribution in [2.45, 2.75) is 6.92 Å². The zero-order chi connectivity index (χ0) is 14.4. The van der Waals surface area contributed by atoms with Crippen molar-refractivity contribution in [1.29, 1.82) is 0 Å². The molecule has 0 spiro atoms. The van der Waals surface area contributed by atoms with Gasteiger partial charge in [-0.2, -0.15) is 0 Å². The highest BCUT2D eigenvalue weighted by Crippen LogP contribution is 2.36. The number of aryl methyl sites for hydroxylation is 1. The van der Waals surface area contributed by atoms with Crippen LogP contribution in [-0.4, -0.2) is 10.0 Å². The van der Waals surface area contributed by atoms with Crippen molar-refractivity contribution in [3.05, 3.63) is 56.4 Å². The molecule has 0 atom stereocenters. The first-order valence-electron chi connectivity index (χ1n) is 5.82. The molecule has 0 unspecified atom stereocenters. The van der Waals surface area contributed by atoms with Gasteiger partial charge in [-0.05, 0) is 36.1 Å². The number of hydrogen-bond donors (Lipinski definition) is 1. The van der Waals surface area contributed by atoms with E-state index in [0.29, 0.717) is 10.8 Å². The predicted octanol–water partition coefficient (Wildman–Crippen LogP) is 2.87. The van der Waals surface area contributed by atoms with E-state index in [1.165, 1.54) is 18.2 Å². The van der Waals surface area contributed by atoms with Crippen LogP contribution in [0, 0.1) is 17.0 Å². The van der Waals surface area contributed by atoms with Crippen LogP contribution in [0.2, 0.25) is 0 Å². The molecular formula is C14H9NO5. The van der Waals surface area contributed by atoms with Gasteiger partial charge in [-0.1, -0.05) is 6.07 Å². The molecule has 6 nitrogen and oxygen atoms in total. The highest BCUT2D eigenvalue weighted by molar-refractivity contribution is 6.02. The minimum absolute atomic E-state index is 0.233. The summed E-state index contributed by atoms with van der Waals surface area (Å²) in [7, 11) is 0. The second kappa shape index (κ2) is 4.06. The third-order valence-corrected chi connectivity index (χ3v) is 3.22. The predicted molar refractivity (Wildman–Crippen MR) is 73.0 cm³/mol. The van der Waals surface area contributed by atoms with Crippen LogP contribution in [0.3, 0.4) is 0 Å². The quantitative estimate of drug-likeness (QED) is 0.318. The van der Waals surface area contributed by atoms with Gasteiger partial charge in [0.2, 0.25) is 0 Å². The minimum Gasteiger partial charge on any atom is -0.502 e. The summed E-state index contributed by atoms with van der Waals surface area (Å²) in [6.45, 7) is 1.76. The number of nitro benzene ring substituents is 1. The Balaban J connectivity index is 2.55. The van der Waals surface area contributed by atoms with Gasteiger partial charge in [0.1, 0.15) is 5.58 Å². The van der Waals surface area contributed by atoms with Crippen molar-refractivity contribution < 1.29 is 14.4 Å². The van der Waals surface area contributed by atoms with Crippen molar-refractivity contribution in [3.8, 4) is 5.75 Å². The standard InChI is InChI=1S/C14H9NO5/c1-7-4-13(17)20-12-6-10-8(5-9(7)12)2-3-11(16)14(10)15(18)19/h2-6,16H,1H3. The number of fused-ring (bicyclic) bond motifs is 2. The van der Waals surface area contributed by atoms with Crippen molar-refractivity contribution in [1.82, 2.24) is 0 Å². The van der Waals surface area contributed by atoms with Crippen LogP contribution < -0.4 is 5.63 Å². The fourth-order valence-electron chi connectivity index (χ4n) is 2.30. The summed E-state index contributed by atoms with van der Waals surface area (Å²) < 4.78 is 5.07. The molecule has 1 heterocycles. The third kappa shape index (κ3) is 1.70. The summed E-state index contributed by atoms with van der Waals surface area (Å²) in [5, 5.41) is 22.2. The molecule has 0 amide bonds. The van der Waals surface area contributed by atoms with Gasteiger partial charge in [0.25, 0.3) is 0 Å². The fourth-order valence-corrected chi connectivity index (χ4v) is 2.30. The number of phenols is 1. The van der Waals surface area contributed by atoms with Gasteiger partial charge in [0, 0.05) is 11.5 Å². The molecule has 0 aliphatic heterocycles. The van der Waals surface area contributed by atoms with E-state index in [-0.39, 0.29) is 11.0 Å². The maximum atomic E-state index is 11.4. The summed E-state index contributed by atoms with van der Waals surface area (Å²) in [5.41, 5.74) is 0.0794. The van der Waals surface area contributed by atoms with Crippen molar-refractivity contribution in [3.63, 3.8) is 0 Å². The van der Waals surface area contributed by atoms with Gasteiger partial charge in [0.15, 0.2) is 5.75 Å². The van der Waals surface area contributed by atoms with Gasteiger partial charge >= 0.3 is 11.3 Å². The Labute approximate surface area is 112 Å². The number of nitrogens with zero attached hydrogens (tertiary/aromatic N) is 1. The highest BCUT2D eigenvalue weighted by atomic mass is 16.6. The molecule has 20 heavy (non-hydrogen) atoms. The van der Waals surface area contributed by atoms with Crippen LogP contribution in [0.15, 0.2) is 39.5 Å². The lowest BCUT2D eigenvalue weighted by molar-refractivity contribution is -0.384. The Hall–Kier alpha value is -2.89. The number of phenolic OH excluding ortho intramolecular Hbond substituents is 1. The zero-order valence-electron chi connectivity index (χ0n) is 10.4. The van der Waals surface area contributed by atoms with E-state index in [2.05, 4.69) is 0 Å². The van der Waals surface area contributed by atoms with Crippen LogP contribution in [0.1, 0.15) is 5.56 Å². The molecule has 3 aromatic rings. The first kappa shape index (κ1) is 12.2. The molecule has 1 N–H and O–H groups in total. The van der Waals surface area contributed by atoms with Gasteiger partial charge in [-0.15, -0.1) is 0 Å². The Bertz CT molecular complexity index is 926. The van der Waals surface area contributed by atoms with Crippen molar-refractivity contribution in [2.75, 3.05) is 0 Å². The molecular weight excluding hydrogens is 262 g/mol. The molecule has 6 heteroatoms. The lowest BCUT2D eigenvalue weighted by atomic mass is 10.0. The maximum absolute atomic E-state index is 11.4. The van der Waals surface area contributed by atoms with Gasteiger partial charge in [-0.3, -0.25) is 10.1 Å². The molecule has 0 aliphatic carbocycles. The van der Waals surface area contributed by atoms with Crippen LogP contribution in [-0.2, 0) is 0 Å². The van der Waals surface area contributed by atoms with Crippen molar-refractivity contribution in [2.24, 2.45) is 0 Å². The molecule has 1 aromatic heterocycles. The van der Waals surface area contributed by atoms with E-state index in [9.17, 15) is 20.0 Å². The molecule has 0 radical (unpaired) electrons. The average molecular weight is 271 g/mol. The lowest BCUT2D eigenvalue weighted by Crippen LogP contribution is -1.98. The summed E-state index contributed by atoms with van der Waals surface area (Å²) in [6, 6.07) is 7.34. The molecule has 0 aliphatic rings. The number of benzene rings is 2. The first-order valence-corrected chi connectivity index (χ1v) is 5.82. The van der Waals surface area contributed by atoms with E-state index < -0.39 is 22.0 Å². The molecule has 0 fully saturated rings. The number of hydrogen-bond acceptors (Lipinski definition) is 5. The largest absolute Gasteiger partial charge is 0.502 e. The topological polar surface area (TPSA) is 93.6 Å². The molecule has 100 valence electrons. The Morgan fingerprint density at radius 1 is 1.20 bits per heavy atom. The van der Waals surface area contributed by atoms with Crippen molar-refractivity contribution >= 4 is 27.4 Å². The summed E-state index contributed by atoms with van der Waals surface area (Å²) >= 11 is 0. The van der Waals surface area contributed by atoms with E-state index in [1.807, 2.05) is 0 Å². The Morgan fingerprint density at radius 2 is 1.95 bits per heavy atom. The second-order valence-corrected chi connectivity index (χ2v) is 4.51. The van der Waals surface area contributed by atoms with Crippen LogP contribution in [0.25, 0.3) is 21.7 Å². The van der Waals surface area contributed by atoms with Crippen LogP contribution in [0.4, 0.5) is 5.69 Å². The molecule has 2 aromatic carbocycles.